The summed E-state index contributed by atoms with van der Waals surface area (Å²) in [4.78, 5) is 22.2. The lowest BCUT2D eigenvalue weighted by Gasteiger charge is -2.35. The van der Waals surface area contributed by atoms with E-state index in [0.717, 1.165) is 32.4 Å². The summed E-state index contributed by atoms with van der Waals surface area (Å²) in [6.07, 6.45) is 3.06. The Morgan fingerprint density at radius 1 is 1.19 bits per heavy atom. The van der Waals surface area contributed by atoms with Gasteiger partial charge in [0.1, 0.15) is 40.3 Å². The first-order valence-electron chi connectivity index (χ1n) is 10.7. The second-order valence-corrected chi connectivity index (χ2v) is 8.53. The van der Waals surface area contributed by atoms with E-state index in [1.165, 1.54) is 18.2 Å². The van der Waals surface area contributed by atoms with Crippen LogP contribution in [0.2, 0.25) is 5.02 Å². The van der Waals surface area contributed by atoms with Crippen molar-refractivity contribution in [2.45, 2.75) is 25.3 Å². The first-order chi connectivity index (χ1) is 15.1. The number of phenols is 1. The third kappa shape index (κ3) is 3.47. The first-order valence-corrected chi connectivity index (χ1v) is 11.0. The Hall–Kier alpha value is -2.58. The molecule has 7 nitrogen and oxygen atoms in total. The Morgan fingerprint density at radius 3 is 2.77 bits per heavy atom. The van der Waals surface area contributed by atoms with Crippen molar-refractivity contribution >= 4 is 23.3 Å². The predicted molar refractivity (Wildman–Crippen MR) is 116 cm³/mol. The van der Waals surface area contributed by atoms with E-state index in [0.29, 0.717) is 31.0 Å². The molecular formula is C22H24ClFN4O3. The first kappa shape index (κ1) is 20.3. The Balaban J connectivity index is 1.73. The Kier molecular flexibility index (Phi) is 5.35. The fraction of sp³-hybridized carbons (Fsp3) is 0.455. The maximum absolute atomic E-state index is 14.7. The highest BCUT2D eigenvalue weighted by atomic mass is 35.5. The van der Waals surface area contributed by atoms with E-state index < -0.39 is 5.82 Å². The minimum atomic E-state index is -0.638. The third-order valence-electron chi connectivity index (χ3n) is 6.20. The molecule has 2 aromatic rings. The van der Waals surface area contributed by atoms with Gasteiger partial charge in [-0.3, -0.25) is 4.79 Å². The summed E-state index contributed by atoms with van der Waals surface area (Å²) in [6, 6.07) is 3.93. The summed E-state index contributed by atoms with van der Waals surface area (Å²) in [7, 11) is 0. The molecule has 4 heterocycles. The van der Waals surface area contributed by atoms with Gasteiger partial charge in [0.05, 0.1) is 11.6 Å². The smallest absolute Gasteiger partial charge is 0.261 e. The van der Waals surface area contributed by atoms with Crippen molar-refractivity contribution in [1.82, 2.24) is 15.2 Å². The average Bonchev–Trinajstić information content (AvgIpc) is 2.93. The Morgan fingerprint density at radius 2 is 2.00 bits per heavy atom. The number of fused-ring (bicyclic) bond motifs is 2. The van der Waals surface area contributed by atoms with E-state index in [4.69, 9.17) is 16.3 Å². The number of hydrogen-bond donors (Lipinski definition) is 2. The van der Waals surface area contributed by atoms with Gasteiger partial charge in [-0.1, -0.05) is 17.7 Å². The van der Waals surface area contributed by atoms with Gasteiger partial charge in [0.15, 0.2) is 5.75 Å². The van der Waals surface area contributed by atoms with Crippen LogP contribution in [0.4, 0.5) is 10.2 Å². The molecule has 9 heteroatoms. The Labute approximate surface area is 184 Å². The van der Waals surface area contributed by atoms with E-state index in [1.54, 1.807) is 0 Å². The maximum Gasteiger partial charge on any atom is 0.261 e. The van der Waals surface area contributed by atoms with Crippen molar-refractivity contribution in [3.8, 4) is 22.8 Å². The topological polar surface area (TPSA) is 77.9 Å². The van der Waals surface area contributed by atoms with Gasteiger partial charge >= 0.3 is 0 Å². The largest absolute Gasteiger partial charge is 0.507 e. The van der Waals surface area contributed by atoms with Crippen LogP contribution in [0.3, 0.4) is 0 Å². The van der Waals surface area contributed by atoms with Crippen molar-refractivity contribution in [3.63, 3.8) is 0 Å². The summed E-state index contributed by atoms with van der Waals surface area (Å²) >= 11 is 6.68. The molecule has 0 bridgehead atoms. The number of ether oxygens (including phenoxy) is 1. The Bertz CT molecular complexity index is 1010. The number of carbonyl (C=O) groups excluding carboxylic acids is 1. The predicted octanol–water partition coefficient (Wildman–Crippen LogP) is 3.04. The van der Waals surface area contributed by atoms with Crippen LogP contribution < -0.4 is 15.0 Å². The van der Waals surface area contributed by atoms with Crippen molar-refractivity contribution < 1.29 is 19.0 Å². The molecule has 3 aliphatic rings. The van der Waals surface area contributed by atoms with Crippen molar-refractivity contribution in [3.05, 3.63) is 34.6 Å². The fourth-order valence-electron chi connectivity index (χ4n) is 4.61. The molecule has 164 valence electrons. The summed E-state index contributed by atoms with van der Waals surface area (Å²) in [5, 5.41) is 13.7. The fourth-order valence-corrected chi connectivity index (χ4v) is 4.89. The van der Waals surface area contributed by atoms with Gasteiger partial charge < -0.3 is 25.0 Å². The SMILES string of the molecule is O=C1c2c(N3CCCCC3)nc(-c3c(O)cccc3F)c(Cl)c2OC[C@H]2CNCCN12. The third-order valence-corrected chi connectivity index (χ3v) is 6.56. The van der Waals surface area contributed by atoms with Crippen LogP contribution in [0.5, 0.6) is 11.5 Å². The van der Waals surface area contributed by atoms with Crippen LogP contribution >= 0.6 is 11.6 Å². The van der Waals surface area contributed by atoms with Gasteiger partial charge in [-0.25, -0.2) is 9.37 Å². The number of rotatable bonds is 2. The number of benzene rings is 1. The number of nitrogens with zero attached hydrogens (tertiary/aromatic N) is 3. The van der Waals surface area contributed by atoms with E-state index in [-0.39, 0.29) is 46.3 Å². The monoisotopic (exact) mass is 446 g/mol. The number of carbonyl (C=O) groups is 1. The number of piperidine rings is 1. The number of amides is 1. The van der Waals surface area contributed by atoms with E-state index in [9.17, 15) is 14.3 Å². The minimum Gasteiger partial charge on any atom is -0.507 e. The van der Waals surface area contributed by atoms with Crippen LogP contribution in [0.25, 0.3) is 11.3 Å². The molecule has 0 unspecified atom stereocenters. The van der Waals surface area contributed by atoms with Gasteiger partial charge in [0.25, 0.3) is 5.91 Å². The number of nitrogens with one attached hydrogen (secondary N) is 1. The number of piperazine rings is 1. The number of halogens is 2. The molecule has 0 saturated carbocycles. The number of phenolic OH excluding ortho intramolecular Hbond substituents is 1. The number of hydrogen-bond acceptors (Lipinski definition) is 6. The second kappa shape index (κ2) is 8.16. The zero-order valence-corrected chi connectivity index (χ0v) is 17.8. The lowest BCUT2D eigenvalue weighted by molar-refractivity contribution is 0.0606. The van der Waals surface area contributed by atoms with E-state index in [1.807, 2.05) is 9.80 Å². The molecule has 1 aromatic heterocycles. The molecule has 3 aliphatic heterocycles. The van der Waals surface area contributed by atoms with Crippen LogP contribution in [0.15, 0.2) is 18.2 Å². The number of pyridine rings is 1. The van der Waals surface area contributed by atoms with Crippen molar-refractivity contribution in [2.24, 2.45) is 0 Å². The molecule has 1 aromatic carbocycles. The molecule has 2 N–H and O–H groups in total. The van der Waals surface area contributed by atoms with Crippen molar-refractivity contribution in [1.29, 1.82) is 0 Å². The molecule has 0 spiro atoms. The molecule has 31 heavy (non-hydrogen) atoms. The molecule has 2 saturated heterocycles. The quantitative estimate of drug-likeness (QED) is 0.738. The normalized spacial score (nSPS) is 21.2. The second-order valence-electron chi connectivity index (χ2n) is 8.15. The highest BCUT2D eigenvalue weighted by Gasteiger charge is 2.38. The summed E-state index contributed by atoms with van der Waals surface area (Å²) in [5.74, 6) is -0.408. The van der Waals surface area contributed by atoms with Gasteiger partial charge in [-0.05, 0) is 31.4 Å². The molecule has 2 fully saturated rings. The van der Waals surface area contributed by atoms with Gasteiger partial charge in [0, 0.05) is 32.7 Å². The van der Waals surface area contributed by atoms with Crippen LogP contribution in [-0.2, 0) is 0 Å². The lowest BCUT2D eigenvalue weighted by atomic mass is 10.0. The lowest BCUT2D eigenvalue weighted by Crippen LogP contribution is -2.55. The molecule has 0 radical (unpaired) electrons. The standard InChI is InChI=1S/C22H24ClFN4O3/c23-18-19(16-14(24)5-4-6-15(16)29)26-21(27-8-2-1-3-9-27)17-20(18)31-12-13-11-25-7-10-28(13)22(17)30/h4-6,13,25,29H,1-3,7-12H2/t13-/m1/s1. The zero-order chi connectivity index (χ0) is 21.5. The van der Waals surface area contributed by atoms with Crippen LogP contribution in [-0.4, -0.2) is 66.3 Å². The van der Waals surface area contributed by atoms with Crippen LogP contribution in [0.1, 0.15) is 29.6 Å². The molecule has 0 aliphatic carbocycles. The summed E-state index contributed by atoms with van der Waals surface area (Å²) in [6.45, 7) is 3.66. The molecule has 1 amide bonds. The highest BCUT2D eigenvalue weighted by molar-refractivity contribution is 6.35. The maximum atomic E-state index is 14.7. The molecule has 5 rings (SSSR count). The van der Waals surface area contributed by atoms with Gasteiger partial charge in [-0.2, -0.15) is 0 Å². The summed E-state index contributed by atoms with van der Waals surface area (Å²) < 4.78 is 20.8. The zero-order valence-electron chi connectivity index (χ0n) is 17.0. The van der Waals surface area contributed by atoms with E-state index in [2.05, 4.69) is 10.3 Å². The van der Waals surface area contributed by atoms with Gasteiger partial charge in [-0.15, -0.1) is 0 Å². The molecule has 1 atom stereocenters. The minimum absolute atomic E-state index is 0.0392. The van der Waals surface area contributed by atoms with Gasteiger partial charge in [0.2, 0.25) is 0 Å². The number of anilines is 1. The number of aromatic nitrogens is 1. The summed E-state index contributed by atoms with van der Waals surface area (Å²) in [5.41, 5.74) is 0.325. The average molecular weight is 447 g/mol. The molecular weight excluding hydrogens is 423 g/mol. The van der Waals surface area contributed by atoms with Crippen LogP contribution in [0, 0.1) is 5.82 Å². The van der Waals surface area contributed by atoms with E-state index >= 15 is 0 Å². The highest BCUT2D eigenvalue weighted by Crippen LogP contribution is 2.46. The van der Waals surface area contributed by atoms with Crippen molar-refractivity contribution in [2.75, 3.05) is 44.2 Å². The number of aromatic hydroxyl groups is 1.